The summed E-state index contributed by atoms with van der Waals surface area (Å²) in [7, 11) is 1.55. The fourth-order valence-corrected chi connectivity index (χ4v) is 2.27. The zero-order chi connectivity index (χ0) is 15.0. The van der Waals surface area contributed by atoms with Crippen LogP contribution in [0.1, 0.15) is 11.1 Å². The summed E-state index contributed by atoms with van der Waals surface area (Å²) in [6, 6.07) is 8.93. The van der Waals surface area contributed by atoms with Crippen LogP contribution in [-0.2, 0) is 13.6 Å². The molecule has 0 aliphatic carbocycles. The van der Waals surface area contributed by atoms with Gasteiger partial charge in [-0.15, -0.1) is 0 Å². The molecular formula is C14H11N5O2. The Hall–Kier alpha value is -3.14. The number of H-pyrrole nitrogens is 1. The van der Waals surface area contributed by atoms with E-state index < -0.39 is 11.2 Å². The Morgan fingerprint density at radius 2 is 2.10 bits per heavy atom. The number of benzene rings is 1. The van der Waals surface area contributed by atoms with E-state index >= 15 is 0 Å². The van der Waals surface area contributed by atoms with Crippen molar-refractivity contribution in [2.75, 3.05) is 0 Å². The van der Waals surface area contributed by atoms with Crippen molar-refractivity contribution < 1.29 is 0 Å². The molecule has 7 heteroatoms. The third-order valence-electron chi connectivity index (χ3n) is 3.38. The average molecular weight is 281 g/mol. The first-order valence-corrected chi connectivity index (χ1v) is 6.24. The van der Waals surface area contributed by atoms with Crippen LogP contribution in [0.4, 0.5) is 0 Å². The van der Waals surface area contributed by atoms with Gasteiger partial charge < -0.3 is 4.98 Å². The van der Waals surface area contributed by atoms with Gasteiger partial charge in [0.1, 0.15) is 5.52 Å². The van der Waals surface area contributed by atoms with Crippen molar-refractivity contribution >= 4 is 11.2 Å². The molecule has 2 aromatic heterocycles. The Kier molecular flexibility index (Phi) is 2.92. The van der Waals surface area contributed by atoms with Crippen LogP contribution in [0.5, 0.6) is 0 Å². The van der Waals surface area contributed by atoms with Crippen LogP contribution in [0, 0.1) is 11.3 Å². The van der Waals surface area contributed by atoms with Gasteiger partial charge >= 0.3 is 5.69 Å². The molecule has 21 heavy (non-hydrogen) atoms. The average Bonchev–Trinajstić information content (AvgIpc) is 2.99. The van der Waals surface area contributed by atoms with E-state index in [1.807, 2.05) is 0 Å². The summed E-state index contributed by atoms with van der Waals surface area (Å²) in [4.78, 5) is 31.4. The van der Waals surface area contributed by atoms with Crippen LogP contribution in [-0.4, -0.2) is 19.1 Å². The Labute approximate surface area is 118 Å². The number of aromatic amines is 1. The Morgan fingerprint density at radius 3 is 2.86 bits per heavy atom. The van der Waals surface area contributed by atoms with Crippen LogP contribution in [0.15, 0.2) is 40.2 Å². The number of hydrogen-bond donors (Lipinski definition) is 1. The number of fused-ring (bicyclic) bond motifs is 1. The van der Waals surface area contributed by atoms with Crippen molar-refractivity contribution in [1.29, 1.82) is 5.26 Å². The number of aromatic nitrogens is 4. The van der Waals surface area contributed by atoms with Crippen molar-refractivity contribution in [1.82, 2.24) is 19.1 Å². The first-order chi connectivity index (χ1) is 10.1. The van der Waals surface area contributed by atoms with Gasteiger partial charge in [-0.1, -0.05) is 18.2 Å². The van der Waals surface area contributed by atoms with Gasteiger partial charge in [0.05, 0.1) is 24.5 Å². The number of nitrogens with zero attached hydrogens (tertiary/aromatic N) is 4. The molecule has 0 fully saturated rings. The highest BCUT2D eigenvalue weighted by Gasteiger charge is 2.14. The van der Waals surface area contributed by atoms with E-state index in [-0.39, 0.29) is 12.1 Å². The second-order valence-electron chi connectivity index (χ2n) is 4.60. The summed E-state index contributed by atoms with van der Waals surface area (Å²) >= 11 is 0. The Balaban J connectivity index is 2.25. The van der Waals surface area contributed by atoms with Crippen molar-refractivity contribution in [2.24, 2.45) is 7.05 Å². The summed E-state index contributed by atoms with van der Waals surface area (Å²) in [6.45, 7) is 0.0458. The summed E-state index contributed by atoms with van der Waals surface area (Å²) in [6.07, 6.45) is 1.37. The highest BCUT2D eigenvalue weighted by atomic mass is 16.2. The summed E-state index contributed by atoms with van der Waals surface area (Å²) < 4.78 is 2.40. The largest absolute Gasteiger partial charge is 0.339 e. The van der Waals surface area contributed by atoms with E-state index in [9.17, 15) is 9.59 Å². The zero-order valence-electron chi connectivity index (χ0n) is 11.2. The standard InChI is InChI=1S/C14H11N5O2/c1-18-12-11(16-8-17-12)13(20)19(14(18)21)7-10-5-3-2-4-9(10)6-15/h2-5,8H,7H2,1H3,(H,16,17). The van der Waals surface area contributed by atoms with Crippen molar-refractivity contribution in [2.45, 2.75) is 6.54 Å². The number of imidazole rings is 1. The molecule has 0 radical (unpaired) electrons. The molecular weight excluding hydrogens is 270 g/mol. The van der Waals surface area contributed by atoms with Gasteiger partial charge in [-0.3, -0.25) is 13.9 Å². The highest BCUT2D eigenvalue weighted by molar-refractivity contribution is 5.68. The molecule has 0 aliphatic heterocycles. The molecule has 0 spiro atoms. The van der Waals surface area contributed by atoms with E-state index in [0.29, 0.717) is 16.8 Å². The quantitative estimate of drug-likeness (QED) is 0.732. The van der Waals surface area contributed by atoms with Crippen molar-refractivity contribution in [3.63, 3.8) is 0 Å². The molecule has 2 heterocycles. The molecule has 0 unspecified atom stereocenters. The maximum atomic E-state index is 12.4. The van der Waals surface area contributed by atoms with Gasteiger partial charge in [-0.05, 0) is 11.6 Å². The number of nitrogens with one attached hydrogen (secondary N) is 1. The number of hydrogen-bond acceptors (Lipinski definition) is 4. The number of aryl methyl sites for hydroxylation is 1. The fourth-order valence-electron chi connectivity index (χ4n) is 2.27. The maximum absolute atomic E-state index is 12.4. The van der Waals surface area contributed by atoms with E-state index in [4.69, 9.17) is 5.26 Å². The van der Waals surface area contributed by atoms with Crippen LogP contribution in [0.2, 0.25) is 0 Å². The van der Waals surface area contributed by atoms with E-state index in [0.717, 1.165) is 4.57 Å². The Morgan fingerprint density at radius 1 is 1.33 bits per heavy atom. The third-order valence-corrected chi connectivity index (χ3v) is 3.38. The molecule has 104 valence electrons. The molecule has 1 N–H and O–H groups in total. The van der Waals surface area contributed by atoms with Crippen LogP contribution in [0.25, 0.3) is 11.2 Å². The molecule has 0 amide bonds. The van der Waals surface area contributed by atoms with Gasteiger partial charge in [0.2, 0.25) is 0 Å². The molecule has 0 saturated heterocycles. The van der Waals surface area contributed by atoms with Gasteiger partial charge in [0.25, 0.3) is 5.56 Å². The van der Waals surface area contributed by atoms with E-state index in [2.05, 4.69) is 16.0 Å². The van der Waals surface area contributed by atoms with E-state index in [1.165, 1.54) is 10.9 Å². The van der Waals surface area contributed by atoms with Crippen molar-refractivity contribution in [3.8, 4) is 6.07 Å². The predicted octanol–water partition coefficient (Wildman–Crippen LogP) is 0.343. The molecule has 1 aromatic carbocycles. The number of rotatable bonds is 2. The number of nitriles is 1. The molecule has 3 aromatic rings. The molecule has 0 aliphatic rings. The molecule has 0 bridgehead atoms. The van der Waals surface area contributed by atoms with Crippen LogP contribution in [0.3, 0.4) is 0 Å². The minimum Gasteiger partial charge on any atom is -0.339 e. The zero-order valence-corrected chi connectivity index (χ0v) is 11.2. The lowest BCUT2D eigenvalue weighted by molar-refractivity contribution is 0.656. The predicted molar refractivity (Wildman–Crippen MR) is 75.9 cm³/mol. The first-order valence-electron chi connectivity index (χ1n) is 6.24. The Bertz CT molecular complexity index is 987. The smallest absolute Gasteiger partial charge is 0.332 e. The monoisotopic (exact) mass is 281 g/mol. The van der Waals surface area contributed by atoms with Gasteiger partial charge in [0.15, 0.2) is 5.65 Å². The maximum Gasteiger partial charge on any atom is 0.332 e. The van der Waals surface area contributed by atoms with Gasteiger partial charge in [-0.25, -0.2) is 9.78 Å². The molecule has 7 nitrogen and oxygen atoms in total. The lowest BCUT2D eigenvalue weighted by atomic mass is 10.1. The van der Waals surface area contributed by atoms with Crippen LogP contribution < -0.4 is 11.2 Å². The minimum absolute atomic E-state index is 0.0458. The summed E-state index contributed by atoms with van der Waals surface area (Å²) in [5.41, 5.74) is 0.737. The first kappa shape index (κ1) is 12.9. The second-order valence-corrected chi connectivity index (χ2v) is 4.60. The molecule has 0 atom stereocenters. The topological polar surface area (TPSA) is 96.5 Å². The highest BCUT2D eigenvalue weighted by Crippen LogP contribution is 2.08. The van der Waals surface area contributed by atoms with Gasteiger partial charge in [-0.2, -0.15) is 5.26 Å². The fraction of sp³-hybridized carbons (Fsp3) is 0.143. The molecule has 0 saturated carbocycles. The van der Waals surface area contributed by atoms with Crippen molar-refractivity contribution in [3.05, 3.63) is 62.6 Å². The normalized spacial score (nSPS) is 10.7. The minimum atomic E-state index is -0.465. The SMILES string of the molecule is Cn1c(=O)n(Cc2ccccc2C#N)c(=O)c2[nH]cnc21. The second kappa shape index (κ2) is 4.76. The van der Waals surface area contributed by atoms with E-state index in [1.54, 1.807) is 31.3 Å². The van der Waals surface area contributed by atoms with Gasteiger partial charge in [0, 0.05) is 7.05 Å². The molecule has 3 rings (SSSR count). The summed E-state index contributed by atoms with van der Waals surface area (Å²) in [5, 5.41) is 9.09. The third kappa shape index (κ3) is 1.94. The summed E-state index contributed by atoms with van der Waals surface area (Å²) in [5.74, 6) is 0. The lowest BCUT2D eigenvalue weighted by Gasteiger charge is -2.08. The van der Waals surface area contributed by atoms with Crippen LogP contribution >= 0.6 is 0 Å². The lowest BCUT2D eigenvalue weighted by Crippen LogP contribution is -2.39.